The molecule has 0 saturated heterocycles. The Kier molecular flexibility index (Phi) is 5.64. The zero-order valence-corrected chi connectivity index (χ0v) is 20.5. The van der Waals surface area contributed by atoms with Crippen molar-refractivity contribution in [2.45, 2.75) is 0 Å². The number of hydrogen-bond donors (Lipinski definition) is 1. The molecule has 7 heteroatoms. The monoisotopic (exact) mass is 600 g/mol. The summed E-state index contributed by atoms with van der Waals surface area (Å²) in [5.41, 5.74) is 3.45. The predicted molar refractivity (Wildman–Crippen MR) is 138 cm³/mol. The molecule has 0 radical (unpaired) electrons. The zero-order chi connectivity index (χ0) is 21.4. The smallest absolute Gasteiger partial charge is 0.291 e. The number of thiazole rings is 1. The van der Waals surface area contributed by atoms with Crippen LogP contribution in [0.5, 0.6) is 0 Å². The van der Waals surface area contributed by atoms with E-state index < -0.39 is 0 Å². The Labute approximate surface area is 204 Å². The molecule has 0 unspecified atom stereocenters. The number of amides is 1. The molecule has 0 fully saturated rings. The van der Waals surface area contributed by atoms with Gasteiger partial charge >= 0.3 is 0 Å². The molecule has 0 aliphatic heterocycles. The third-order valence-electron chi connectivity index (χ3n) is 4.71. The number of hydrogen-bond acceptors (Lipinski definition) is 4. The van der Waals surface area contributed by atoms with E-state index in [1.54, 1.807) is 23.5 Å². The fourth-order valence-corrected chi connectivity index (χ4v) is 4.95. The first-order valence-electron chi connectivity index (χ1n) is 9.39. The summed E-state index contributed by atoms with van der Waals surface area (Å²) in [5, 5.41) is 3.86. The van der Waals surface area contributed by atoms with Crippen molar-refractivity contribution in [2.75, 3.05) is 5.32 Å². The van der Waals surface area contributed by atoms with E-state index in [0.717, 1.165) is 34.4 Å². The minimum atomic E-state index is -0.299. The lowest BCUT2D eigenvalue weighted by molar-refractivity contribution is 0.0997. The van der Waals surface area contributed by atoms with Gasteiger partial charge in [0.1, 0.15) is 10.8 Å². The van der Waals surface area contributed by atoms with Crippen LogP contribution in [0.15, 0.2) is 87.8 Å². The number of furan rings is 1. The highest BCUT2D eigenvalue weighted by atomic mass is 127. The van der Waals surface area contributed by atoms with Crippen LogP contribution >= 0.6 is 49.9 Å². The van der Waals surface area contributed by atoms with Crippen LogP contribution in [0.2, 0.25) is 0 Å². The van der Waals surface area contributed by atoms with Gasteiger partial charge in [-0.25, -0.2) is 4.98 Å². The molecular formula is C24H14BrIN2O2S. The van der Waals surface area contributed by atoms with Gasteiger partial charge in [0.15, 0.2) is 5.76 Å². The van der Waals surface area contributed by atoms with Gasteiger partial charge in [0, 0.05) is 19.2 Å². The third kappa shape index (κ3) is 4.30. The molecule has 0 atom stereocenters. The molecule has 4 nitrogen and oxygen atoms in total. The quantitative estimate of drug-likeness (QED) is 0.214. The molecule has 152 valence electrons. The van der Waals surface area contributed by atoms with Crippen LogP contribution < -0.4 is 5.32 Å². The van der Waals surface area contributed by atoms with Crippen molar-refractivity contribution < 1.29 is 9.21 Å². The van der Waals surface area contributed by atoms with E-state index >= 15 is 0 Å². The normalized spacial score (nSPS) is 11.0. The van der Waals surface area contributed by atoms with Crippen molar-refractivity contribution in [1.82, 2.24) is 4.98 Å². The summed E-state index contributed by atoms with van der Waals surface area (Å²) in [5.74, 6) is 0.602. The van der Waals surface area contributed by atoms with Gasteiger partial charge in [0.25, 0.3) is 5.91 Å². The molecule has 1 N–H and O–H groups in total. The number of para-hydroxylation sites is 1. The van der Waals surface area contributed by atoms with E-state index in [9.17, 15) is 4.79 Å². The fourth-order valence-electron chi connectivity index (χ4n) is 3.20. The van der Waals surface area contributed by atoms with E-state index in [-0.39, 0.29) is 11.7 Å². The van der Waals surface area contributed by atoms with Gasteiger partial charge in [-0.2, -0.15) is 0 Å². The van der Waals surface area contributed by atoms with Gasteiger partial charge in [-0.15, -0.1) is 11.3 Å². The molecule has 3 aromatic carbocycles. The van der Waals surface area contributed by atoms with Crippen molar-refractivity contribution in [3.8, 4) is 21.9 Å². The highest BCUT2D eigenvalue weighted by Crippen LogP contribution is 2.36. The number of rotatable bonds is 4. The maximum absolute atomic E-state index is 12.9. The van der Waals surface area contributed by atoms with Crippen molar-refractivity contribution in [3.05, 3.63) is 92.7 Å². The van der Waals surface area contributed by atoms with E-state index in [0.29, 0.717) is 11.4 Å². The topological polar surface area (TPSA) is 55.1 Å². The summed E-state index contributed by atoms with van der Waals surface area (Å²) in [6.45, 7) is 0. The summed E-state index contributed by atoms with van der Waals surface area (Å²) in [7, 11) is 0. The van der Waals surface area contributed by atoms with Gasteiger partial charge in [-0.1, -0.05) is 40.2 Å². The molecule has 2 aromatic heterocycles. The first kappa shape index (κ1) is 20.4. The Hall–Kier alpha value is -2.49. The van der Waals surface area contributed by atoms with Crippen molar-refractivity contribution >= 4 is 71.7 Å². The molecule has 31 heavy (non-hydrogen) atoms. The van der Waals surface area contributed by atoms with E-state index in [4.69, 9.17) is 9.40 Å². The lowest BCUT2D eigenvalue weighted by atomic mass is 10.2. The summed E-state index contributed by atoms with van der Waals surface area (Å²) in [6, 6.07) is 25.2. The van der Waals surface area contributed by atoms with Crippen molar-refractivity contribution in [3.63, 3.8) is 0 Å². The van der Waals surface area contributed by atoms with Crippen LogP contribution in [0.4, 0.5) is 5.69 Å². The largest absolute Gasteiger partial charge is 0.451 e. The second-order valence-corrected chi connectivity index (χ2v) is 9.99. The number of carbonyl (C=O) groups is 1. The number of carbonyl (C=O) groups excluding carboxylic acids is 1. The number of fused-ring (bicyclic) bond motifs is 1. The number of anilines is 1. The van der Waals surface area contributed by atoms with E-state index in [1.807, 2.05) is 60.7 Å². The Bertz CT molecular complexity index is 1380. The SMILES string of the molecule is O=C(Nc1ccc(I)cc1-c1nc2ccccc2s1)c1ccc(-c2ccc(Br)cc2)o1. The number of nitrogens with zero attached hydrogens (tertiary/aromatic N) is 1. The minimum absolute atomic E-state index is 0.256. The van der Waals surface area contributed by atoms with Crippen LogP contribution in [-0.2, 0) is 0 Å². The standard InChI is InChI=1S/C24H14BrIN2O2S/c25-15-7-5-14(6-8-15)20-11-12-21(30-20)23(29)27-18-10-9-16(26)13-17(18)24-28-19-3-1-2-4-22(19)31-24/h1-13H,(H,27,29). The first-order chi connectivity index (χ1) is 15.1. The van der Waals surface area contributed by atoms with Crippen LogP contribution in [0.1, 0.15) is 10.6 Å². The van der Waals surface area contributed by atoms with Crippen LogP contribution in [0, 0.1) is 3.57 Å². The predicted octanol–water partition coefficient (Wildman–Crippen LogP) is 7.84. The third-order valence-corrected chi connectivity index (χ3v) is 6.98. The van der Waals surface area contributed by atoms with E-state index in [1.165, 1.54) is 0 Å². The lowest BCUT2D eigenvalue weighted by Gasteiger charge is -2.09. The van der Waals surface area contributed by atoms with Crippen molar-refractivity contribution in [1.29, 1.82) is 0 Å². The highest BCUT2D eigenvalue weighted by molar-refractivity contribution is 14.1. The van der Waals surface area contributed by atoms with E-state index in [2.05, 4.69) is 49.9 Å². The summed E-state index contributed by atoms with van der Waals surface area (Å²) in [6.07, 6.45) is 0. The molecule has 0 spiro atoms. The van der Waals surface area contributed by atoms with Crippen LogP contribution in [0.25, 0.3) is 32.1 Å². The Balaban J connectivity index is 1.45. The number of benzene rings is 3. The second-order valence-electron chi connectivity index (χ2n) is 6.80. The molecule has 0 aliphatic carbocycles. The lowest BCUT2D eigenvalue weighted by Crippen LogP contribution is -2.11. The molecule has 0 saturated carbocycles. The second kappa shape index (κ2) is 8.57. The van der Waals surface area contributed by atoms with Crippen LogP contribution in [0.3, 0.4) is 0 Å². The summed E-state index contributed by atoms with van der Waals surface area (Å²) in [4.78, 5) is 17.7. The Morgan fingerprint density at radius 3 is 2.61 bits per heavy atom. The van der Waals surface area contributed by atoms with Crippen LogP contribution in [-0.4, -0.2) is 10.9 Å². The van der Waals surface area contributed by atoms with Gasteiger partial charge in [0.05, 0.1) is 15.9 Å². The average molecular weight is 601 g/mol. The molecule has 0 bridgehead atoms. The summed E-state index contributed by atoms with van der Waals surface area (Å²) >= 11 is 7.30. The van der Waals surface area contributed by atoms with Gasteiger partial charge in [-0.3, -0.25) is 4.79 Å². The molecule has 5 rings (SSSR count). The summed E-state index contributed by atoms with van der Waals surface area (Å²) < 4.78 is 8.99. The minimum Gasteiger partial charge on any atom is -0.451 e. The van der Waals surface area contributed by atoms with Gasteiger partial charge in [0.2, 0.25) is 0 Å². The number of halogens is 2. The molecular weight excluding hydrogens is 587 g/mol. The fraction of sp³-hybridized carbons (Fsp3) is 0. The maximum Gasteiger partial charge on any atom is 0.291 e. The van der Waals surface area contributed by atoms with Crippen molar-refractivity contribution in [2.24, 2.45) is 0 Å². The zero-order valence-electron chi connectivity index (χ0n) is 15.9. The molecule has 1 amide bonds. The van der Waals surface area contributed by atoms with Gasteiger partial charge < -0.3 is 9.73 Å². The maximum atomic E-state index is 12.9. The average Bonchev–Trinajstić information content (AvgIpc) is 3.43. The molecule has 2 heterocycles. The Morgan fingerprint density at radius 2 is 1.81 bits per heavy atom. The molecule has 5 aromatic rings. The van der Waals surface area contributed by atoms with Gasteiger partial charge in [-0.05, 0) is 77.2 Å². The first-order valence-corrected chi connectivity index (χ1v) is 12.1. The Morgan fingerprint density at radius 1 is 1.00 bits per heavy atom. The number of aromatic nitrogens is 1. The molecule has 0 aliphatic rings. The number of nitrogens with one attached hydrogen (secondary N) is 1. The highest BCUT2D eigenvalue weighted by Gasteiger charge is 2.17.